The Hall–Kier alpha value is -1.02. The summed E-state index contributed by atoms with van der Waals surface area (Å²) in [4.78, 5) is 2.69. The number of nitrogens with one attached hydrogen (secondary N) is 1. The predicted octanol–water partition coefficient (Wildman–Crippen LogP) is 3.65. The van der Waals surface area contributed by atoms with Gasteiger partial charge in [0.25, 0.3) is 0 Å². The van der Waals surface area contributed by atoms with Crippen LogP contribution in [0.1, 0.15) is 42.4 Å². The molecule has 2 unspecified atom stereocenters. The molecule has 0 radical (unpaired) electrons. The maximum absolute atomic E-state index is 3.86. The zero-order chi connectivity index (χ0) is 13.4. The Morgan fingerprint density at radius 2 is 1.74 bits per heavy atom. The summed E-state index contributed by atoms with van der Waals surface area (Å²) >= 11 is 0. The van der Waals surface area contributed by atoms with Crippen LogP contribution in [0.4, 0.5) is 5.69 Å². The van der Waals surface area contributed by atoms with E-state index in [1.54, 1.807) is 0 Å². The lowest BCUT2D eigenvalue weighted by molar-refractivity contribution is 0.192. The smallest absolute Gasteiger partial charge is 0.0429 e. The van der Waals surface area contributed by atoms with Crippen molar-refractivity contribution in [2.45, 2.75) is 58.5 Å². The highest BCUT2D eigenvalue weighted by atomic mass is 15.2. The molecule has 2 aliphatic rings. The van der Waals surface area contributed by atoms with Crippen LogP contribution in [0.15, 0.2) is 12.1 Å². The molecule has 19 heavy (non-hydrogen) atoms. The van der Waals surface area contributed by atoms with E-state index in [2.05, 4.69) is 43.1 Å². The molecule has 1 aromatic rings. The third-order valence-corrected chi connectivity index (χ3v) is 4.86. The van der Waals surface area contributed by atoms with Crippen molar-refractivity contribution in [3.8, 4) is 0 Å². The molecule has 0 aliphatic carbocycles. The van der Waals surface area contributed by atoms with Crippen LogP contribution in [0.25, 0.3) is 0 Å². The van der Waals surface area contributed by atoms with Crippen molar-refractivity contribution in [1.82, 2.24) is 4.90 Å². The molecule has 2 heteroatoms. The van der Waals surface area contributed by atoms with Crippen molar-refractivity contribution in [3.63, 3.8) is 0 Å². The van der Waals surface area contributed by atoms with Crippen molar-refractivity contribution in [3.05, 3.63) is 28.8 Å². The first-order valence-electron chi connectivity index (χ1n) is 7.73. The van der Waals surface area contributed by atoms with E-state index in [1.807, 2.05) is 0 Å². The average Bonchev–Trinajstić information content (AvgIpc) is 2.77. The Labute approximate surface area is 117 Å². The number of hydrogen-bond acceptors (Lipinski definition) is 2. The van der Waals surface area contributed by atoms with Gasteiger partial charge in [0.1, 0.15) is 0 Å². The zero-order valence-corrected chi connectivity index (χ0v) is 12.5. The molecule has 1 N–H and O–H groups in total. The quantitative estimate of drug-likeness (QED) is 0.871. The first-order valence-corrected chi connectivity index (χ1v) is 7.73. The lowest BCUT2D eigenvalue weighted by atomic mass is 9.97. The Morgan fingerprint density at radius 3 is 2.47 bits per heavy atom. The molecule has 2 atom stereocenters. The molecular formula is C17H26N2. The maximum Gasteiger partial charge on any atom is 0.0429 e. The minimum absolute atomic E-state index is 0.653. The summed E-state index contributed by atoms with van der Waals surface area (Å²) < 4.78 is 0. The number of rotatable bonds is 2. The average molecular weight is 258 g/mol. The van der Waals surface area contributed by atoms with Crippen LogP contribution in [-0.2, 0) is 0 Å². The molecule has 0 aromatic heterocycles. The first kappa shape index (κ1) is 13.0. The van der Waals surface area contributed by atoms with E-state index < -0.39 is 0 Å². The van der Waals surface area contributed by atoms with Gasteiger partial charge in [0.05, 0.1) is 0 Å². The summed E-state index contributed by atoms with van der Waals surface area (Å²) in [6.07, 6.45) is 5.48. The zero-order valence-electron chi connectivity index (χ0n) is 12.5. The number of hydrogen-bond donors (Lipinski definition) is 1. The van der Waals surface area contributed by atoms with E-state index in [1.165, 1.54) is 61.2 Å². The van der Waals surface area contributed by atoms with E-state index >= 15 is 0 Å². The van der Waals surface area contributed by atoms with E-state index in [0.717, 1.165) is 6.04 Å². The minimum Gasteiger partial charge on any atom is -0.380 e. The highest BCUT2D eigenvalue weighted by Gasteiger charge is 2.35. The van der Waals surface area contributed by atoms with Gasteiger partial charge in [0.15, 0.2) is 0 Å². The Balaban J connectivity index is 1.78. The highest BCUT2D eigenvalue weighted by molar-refractivity contribution is 5.59. The first-order chi connectivity index (χ1) is 9.15. The summed E-state index contributed by atoms with van der Waals surface area (Å²) in [7, 11) is 0. The number of aryl methyl sites for hydroxylation is 3. The van der Waals surface area contributed by atoms with Crippen molar-refractivity contribution in [2.75, 3.05) is 18.4 Å². The van der Waals surface area contributed by atoms with Crippen molar-refractivity contribution in [2.24, 2.45) is 0 Å². The molecule has 0 bridgehead atoms. The summed E-state index contributed by atoms with van der Waals surface area (Å²) in [6, 6.07) is 6.01. The van der Waals surface area contributed by atoms with Gasteiger partial charge in [-0.1, -0.05) is 24.1 Å². The molecule has 0 amide bonds. The van der Waals surface area contributed by atoms with Gasteiger partial charge >= 0.3 is 0 Å². The van der Waals surface area contributed by atoms with E-state index in [4.69, 9.17) is 0 Å². The SMILES string of the molecule is Cc1cc(C)c(NC2CCN3CCCCC23)c(C)c1. The van der Waals surface area contributed by atoms with Gasteiger partial charge in [0, 0.05) is 24.3 Å². The van der Waals surface area contributed by atoms with Crippen LogP contribution in [0.3, 0.4) is 0 Å². The Morgan fingerprint density at radius 1 is 1.00 bits per heavy atom. The predicted molar refractivity (Wildman–Crippen MR) is 81.9 cm³/mol. The lowest BCUT2D eigenvalue weighted by Gasteiger charge is -2.33. The standard InChI is InChI=1S/C17H26N2/c1-12-10-13(2)17(14(3)11-12)18-15-7-9-19-8-5-4-6-16(15)19/h10-11,15-16,18H,4-9H2,1-3H3. The van der Waals surface area contributed by atoms with Crippen molar-refractivity contribution in [1.29, 1.82) is 0 Å². The van der Waals surface area contributed by atoms with Crippen LogP contribution in [-0.4, -0.2) is 30.1 Å². The molecular weight excluding hydrogens is 232 g/mol. The number of benzene rings is 1. The van der Waals surface area contributed by atoms with Gasteiger partial charge in [-0.05, 0) is 57.7 Å². The van der Waals surface area contributed by atoms with Gasteiger partial charge in [-0.25, -0.2) is 0 Å². The van der Waals surface area contributed by atoms with Gasteiger partial charge < -0.3 is 5.32 Å². The molecule has 1 aromatic carbocycles. The second kappa shape index (κ2) is 5.16. The monoisotopic (exact) mass is 258 g/mol. The van der Waals surface area contributed by atoms with E-state index in [-0.39, 0.29) is 0 Å². The van der Waals surface area contributed by atoms with E-state index in [0.29, 0.717) is 6.04 Å². The molecule has 2 aliphatic heterocycles. The molecule has 3 rings (SSSR count). The van der Waals surface area contributed by atoms with Gasteiger partial charge in [0.2, 0.25) is 0 Å². The number of nitrogens with zero attached hydrogens (tertiary/aromatic N) is 1. The molecule has 2 fully saturated rings. The minimum atomic E-state index is 0.653. The van der Waals surface area contributed by atoms with Gasteiger partial charge in [-0.15, -0.1) is 0 Å². The molecule has 0 spiro atoms. The molecule has 2 saturated heterocycles. The van der Waals surface area contributed by atoms with Crippen LogP contribution in [0, 0.1) is 20.8 Å². The topological polar surface area (TPSA) is 15.3 Å². The molecule has 0 saturated carbocycles. The Bertz CT molecular complexity index is 443. The second-order valence-electron chi connectivity index (χ2n) is 6.41. The Kier molecular flexibility index (Phi) is 3.53. The number of piperidine rings is 1. The van der Waals surface area contributed by atoms with Gasteiger partial charge in [-0.2, -0.15) is 0 Å². The molecule has 104 valence electrons. The van der Waals surface area contributed by atoms with Crippen LogP contribution in [0.2, 0.25) is 0 Å². The fraction of sp³-hybridized carbons (Fsp3) is 0.647. The lowest BCUT2D eigenvalue weighted by Crippen LogP contribution is -2.41. The summed E-state index contributed by atoms with van der Waals surface area (Å²) in [6.45, 7) is 9.25. The summed E-state index contributed by atoms with van der Waals surface area (Å²) in [5.41, 5.74) is 5.54. The number of fused-ring (bicyclic) bond motifs is 1. The van der Waals surface area contributed by atoms with E-state index in [9.17, 15) is 0 Å². The maximum atomic E-state index is 3.86. The number of anilines is 1. The van der Waals surface area contributed by atoms with Crippen LogP contribution >= 0.6 is 0 Å². The largest absolute Gasteiger partial charge is 0.380 e. The van der Waals surface area contributed by atoms with Crippen molar-refractivity contribution < 1.29 is 0 Å². The second-order valence-corrected chi connectivity index (χ2v) is 6.41. The van der Waals surface area contributed by atoms with Gasteiger partial charge in [-0.3, -0.25) is 4.90 Å². The third-order valence-electron chi connectivity index (χ3n) is 4.86. The van der Waals surface area contributed by atoms with Crippen LogP contribution < -0.4 is 5.32 Å². The van der Waals surface area contributed by atoms with Crippen LogP contribution in [0.5, 0.6) is 0 Å². The third kappa shape index (κ3) is 2.51. The molecule has 2 nitrogen and oxygen atoms in total. The summed E-state index contributed by atoms with van der Waals surface area (Å²) in [5.74, 6) is 0. The summed E-state index contributed by atoms with van der Waals surface area (Å²) in [5, 5.41) is 3.86. The fourth-order valence-corrected chi connectivity index (χ4v) is 4.01. The van der Waals surface area contributed by atoms with Crippen molar-refractivity contribution >= 4 is 5.69 Å². The molecule has 2 heterocycles. The fourth-order valence-electron chi connectivity index (χ4n) is 4.01. The normalized spacial score (nSPS) is 27.3. The highest BCUT2D eigenvalue weighted by Crippen LogP contribution is 2.31.